The van der Waals surface area contributed by atoms with Gasteiger partial charge in [0.25, 0.3) is 5.91 Å². The molecular formula is C27H34BrClFNO4. The van der Waals surface area contributed by atoms with Crippen LogP contribution in [-0.4, -0.2) is 35.5 Å². The van der Waals surface area contributed by atoms with Gasteiger partial charge in [0.05, 0.1) is 10.0 Å². The zero-order valence-electron chi connectivity index (χ0n) is 20.1. The summed E-state index contributed by atoms with van der Waals surface area (Å²) in [6.45, 7) is 2.07. The van der Waals surface area contributed by atoms with Crippen molar-refractivity contribution in [1.82, 2.24) is 5.32 Å². The number of carbonyl (C=O) groups is 2. The monoisotopic (exact) mass is 569 g/mol. The third-order valence-corrected chi connectivity index (χ3v) is 6.92. The standard InChI is InChI=1S/C27H34BrClFNO4/c1-2-3-4-5-6-7-8-9-20(29)16-17-31-27(34)23-15-14-22(19-10-12-21(30)13-11-19)26(25(23)28)35-18-24(32)33/h10-15,20H,2-9,16-18H2,1H3,(H,31,34)(H,32,33). The summed E-state index contributed by atoms with van der Waals surface area (Å²) in [5, 5.41) is 11.9. The molecule has 0 bridgehead atoms. The Balaban J connectivity index is 1.94. The third kappa shape index (κ3) is 10.2. The summed E-state index contributed by atoms with van der Waals surface area (Å²) in [6.07, 6.45) is 10.2. The van der Waals surface area contributed by atoms with Gasteiger partial charge in [-0.3, -0.25) is 4.79 Å². The number of unbranched alkanes of at least 4 members (excludes halogenated alkanes) is 6. The van der Waals surface area contributed by atoms with Crippen molar-refractivity contribution in [2.24, 2.45) is 0 Å². The molecule has 2 rings (SSSR count). The molecule has 0 spiro atoms. The van der Waals surface area contributed by atoms with E-state index < -0.39 is 12.6 Å². The van der Waals surface area contributed by atoms with Crippen molar-refractivity contribution >= 4 is 39.4 Å². The number of amides is 1. The van der Waals surface area contributed by atoms with Crippen LogP contribution in [0.5, 0.6) is 5.75 Å². The summed E-state index contributed by atoms with van der Waals surface area (Å²) in [6, 6.07) is 9.03. The van der Waals surface area contributed by atoms with Crippen LogP contribution in [0.1, 0.15) is 75.1 Å². The van der Waals surface area contributed by atoms with Gasteiger partial charge >= 0.3 is 5.97 Å². The predicted molar refractivity (Wildman–Crippen MR) is 142 cm³/mol. The van der Waals surface area contributed by atoms with Crippen LogP contribution in [0.3, 0.4) is 0 Å². The maximum atomic E-state index is 13.3. The largest absolute Gasteiger partial charge is 0.480 e. The molecule has 2 N–H and O–H groups in total. The first-order chi connectivity index (χ1) is 16.8. The number of benzene rings is 2. The van der Waals surface area contributed by atoms with E-state index in [1.165, 1.54) is 50.7 Å². The molecule has 192 valence electrons. The number of rotatable bonds is 16. The zero-order chi connectivity index (χ0) is 25.6. The molecular weight excluding hydrogens is 537 g/mol. The highest BCUT2D eigenvalue weighted by Crippen LogP contribution is 2.39. The van der Waals surface area contributed by atoms with Crippen molar-refractivity contribution < 1.29 is 23.8 Å². The topological polar surface area (TPSA) is 75.6 Å². The van der Waals surface area contributed by atoms with Crippen LogP contribution in [-0.2, 0) is 4.79 Å². The van der Waals surface area contributed by atoms with Crippen LogP contribution in [0, 0.1) is 5.82 Å². The van der Waals surface area contributed by atoms with E-state index in [0.717, 1.165) is 12.8 Å². The average Bonchev–Trinajstić information content (AvgIpc) is 2.83. The number of carboxylic acid groups (broad SMARTS) is 1. The van der Waals surface area contributed by atoms with Crippen LogP contribution < -0.4 is 10.1 Å². The van der Waals surface area contributed by atoms with Gasteiger partial charge in [0, 0.05) is 17.5 Å². The molecule has 1 amide bonds. The van der Waals surface area contributed by atoms with E-state index in [1.54, 1.807) is 24.3 Å². The Bertz CT molecular complexity index is 955. The van der Waals surface area contributed by atoms with E-state index >= 15 is 0 Å². The Kier molecular flexibility index (Phi) is 13.1. The lowest BCUT2D eigenvalue weighted by atomic mass is 10.0. The van der Waals surface area contributed by atoms with Gasteiger partial charge in [0.15, 0.2) is 6.61 Å². The molecule has 2 aromatic carbocycles. The Hall–Kier alpha value is -2.12. The number of hydrogen-bond acceptors (Lipinski definition) is 3. The molecule has 35 heavy (non-hydrogen) atoms. The summed E-state index contributed by atoms with van der Waals surface area (Å²) in [5.74, 6) is -1.64. The smallest absolute Gasteiger partial charge is 0.341 e. The SMILES string of the molecule is CCCCCCCCCC(Cl)CCNC(=O)c1ccc(-c2ccc(F)cc2)c(OCC(=O)O)c1Br. The fourth-order valence-electron chi connectivity index (χ4n) is 3.77. The number of halogens is 3. The number of hydrogen-bond donors (Lipinski definition) is 2. The number of ether oxygens (including phenoxy) is 1. The second-order valence-electron chi connectivity index (χ2n) is 8.54. The van der Waals surface area contributed by atoms with Crippen molar-refractivity contribution in [2.45, 2.75) is 70.1 Å². The van der Waals surface area contributed by atoms with Gasteiger partial charge in [-0.05, 0) is 58.6 Å². The molecule has 0 fully saturated rings. The average molecular weight is 571 g/mol. The van der Waals surface area contributed by atoms with Crippen molar-refractivity contribution in [3.63, 3.8) is 0 Å². The van der Waals surface area contributed by atoms with Gasteiger partial charge in [-0.15, -0.1) is 11.6 Å². The van der Waals surface area contributed by atoms with E-state index in [-0.39, 0.29) is 22.9 Å². The molecule has 0 aliphatic heterocycles. The van der Waals surface area contributed by atoms with Crippen molar-refractivity contribution in [3.05, 3.63) is 52.3 Å². The van der Waals surface area contributed by atoms with Gasteiger partial charge < -0.3 is 15.2 Å². The summed E-state index contributed by atoms with van der Waals surface area (Å²) in [7, 11) is 0. The van der Waals surface area contributed by atoms with Crippen LogP contribution in [0.15, 0.2) is 40.9 Å². The zero-order valence-corrected chi connectivity index (χ0v) is 22.5. The second kappa shape index (κ2) is 15.8. The molecule has 5 nitrogen and oxygen atoms in total. The number of carboxylic acids is 1. The summed E-state index contributed by atoms with van der Waals surface area (Å²) >= 11 is 9.84. The first-order valence-electron chi connectivity index (χ1n) is 12.2. The molecule has 1 unspecified atom stereocenters. The molecule has 1 atom stereocenters. The highest BCUT2D eigenvalue weighted by atomic mass is 79.9. The number of aliphatic carboxylic acids is 1. The molecule has 0 saturated heterocycles. The molecule has 0 radical (unpaired) electrons. The maximum Gasteiger partial charge on any atom is 0.341 e. The van der Waals surface area contributed by atoms with Gasteiger partial charge in [0.1, 0.15) is 11.6 Å². The van der Waals surface area contributed by atoms with Crippen molar-refractivity contribution in [1.29, 1.82) is 0 Å². The molecule has 2 aromatic rings. The summed E-state index contributed by atoms with van der Waals surface area (Å²) < 4.78 is 19.2. The predicted octanol–water partition coefficient (Wildman–Crippen LogP) is 7.59. The van der Waals surface area contributed by atoms with Crippen LogP contribution in [0.25, 0.3) is 11.1 Å². The number of alkyl halides is 1. The number of carbonyl (C=O) groups excluding carboxylic acids is 1. The highest BCUT2D eigenvalue weighted by molar-refractivity contribution is 9.10. The van der Waals surface area contributed by atoms with Gasteiger partial charge in [-0.2, -0.15) is 0 Å². The van der Waals surface area contributed by atoms with E-state index in [9.17, 15) is 14.0 Å². The van der Waals surface area contributed by atoms with Crippen LogP contribution >= 0.6 is 27.5 Å². The Morgan fingerprint density at radius 2 is 1.69 bits per heavy atom. The fourth-order valence-corrected chi connectivity index (χ4v) is 4.67. The molecule has 0 saturated carbocycles. The van der Waals surface area contributed by atoms with E-state index in [4.69, 9.17) is 21.4 Å². The quantitative estimate of drug-likeness (QED) is 0.161. The Morgan fingerprint density at radius 1 is 1.03 bits per heavy atom. The second-order valence-corrected chi connectivity index (χ2v) is 9.96. The van der Waals surface area contributed by atoms with Crippen LogP contribution in [0.2, 0.25) is 0 Å². The normalized spacial score (nSPS) is 11.8. The minimum Gasteiger partial charge on any atom is -0.480 e. The van der Waals surface area contributed by atoms with E-state index in [1.807, 2.05) is 0 Å². The molecule has 0 heterocycles. The lowest BCUT2D eigenvalue weighted by molar-refractivity contribution is -0.139. The van der Waals surface area contributed by atoms with E-state index in [0.29, 0.717) is 34.1 Å². The van der Waals surface area contributed by atoms with Gasteiger partial charge in [-0.25, -0.2) is 9.18 Å². The Labute approximate surface area is 220 Å². The molecule has 8 heteroatoms. The summed E-state index contributed by atoms with van der Waals surface area (Å²) in [4.78, 5) is 23.9. The highest BCUT2D eigenvalue weighted by Gasteiger charge is 2.20. The van der Waals surface area contributed by atoms with Gasteiger partial charge in [-0.1, -0.05) is 64.0 Å². The lowest BCUT2D eigenvalue weighted by Gasteiger charge is -2.16. The third-order valence-electron chi connectivity index (χ3n) is 5.70. The van der Waals surface area contributed by atoms with Crippen molar-refractivity contribution in [3.8, 4) is 16.9 Å². The minimum atomic E-state index is -1.15. The fraction of sp³-hybridized carbons (Fsp3) is 0.481. The number of nitrogens with one attached hydrogen (secondary N) is 1. The molecule has 0 aliphatic carbocycles. The first-order valence-corrected chi connectivity index (χ1v) is 13.4. The summed E-state index contributed by atoms with van der Waals surface area (Å²) in [5.41, 5.74) is 1.49. The van der Waals surface area contributed by atoms with E-state index in [2.05, 4.69) is 28.2 Å². The van der Waals surface area contributed by atoms with Crippen molar-refractivity contribution in [2.75, 3.05) is 13.2 Å². The van der Waals surface area contributed by atoms with Gasteiger partial charge in [0.2, 0.25) is 0 Å². The van der Waals surface area contributed by atoms with Crippen LogP contribution in [0.4, 0.5) is 4.39 Å². The molecule has 0 aromatic heterocycles. The lowest BCUT2D eigenvalue weighted by Crippen LogP contribution is -2.26. The molecule has 0 aliphatic rings. The minimum absolute atomic E-state index is 0.00435. The maximum absolute atomic E-state index is 13.3. The first kappa shape index (κ1) is 29.1. The Morgan fingerprint density at radius 3 is 2.34 bits per heavy atom.